The minimum atomic E-state index is -4.45. The topological polar surface area (TPSA) is 56.0 Å². The zero-order valence-corrected chi connectivity index (χ0v) is 10.8. The van der Waals surface area contributed by atoms with Gasteiger partial charge in [0.25, 0.3) is 0 Å². The molecular formula is C14H15F3N2O. The molecule has 0 unspecified atom stereocenters. The Morgan fingerprint density at radius 2 is 2.05 bits per heavy atom. The zero-order chi connectivity index (χ0) is 14.8. The van der Waals surface area contributed by atoms with Crippen molar-refractivity contribution >= 4 is 5.69 Å². The van der Waals surface area contributed by atoms with Gasteiger partial charge in [0.1, 0.15) is 0 Å². The maximum Gasteiger partial charge on any atom is 0.418 e. The molecule has 0 saturated heterocycles. The summed E-state index contributed by atoms with van der Waals surface area (Å²) in [7, 11) is 0. The third kappa shape index (κ3) is 3.23. The van der Waals surface area contributed by atoms with Gasteiger partial charge in [-0.3, -0.25) is 0 Å². The number of nitrogens with one attached hydrogen (secondary N) is 1. The molecule has 6 heteroatoms. The third-order valence-electron chi connectivity index (χ3n) is 3.71. The average molecular weight is 284 g/mol. The van der Waals surface area contributed by atoms with Crippen molar-refractivity contribution in [3.8, 4) is 6.07 Å². The van der Waals surface area contributed by atoms with Gasteiger partial charge in [-0.05, 0) is 42.9 Å². The van der Waals surface area contributed by atoms with E-state index in [9.17, 15) is 13.2 Å². The van der Waals surface area contributed by atoms with Crippen LogP contribution >= 0.6 is 0 Å². The van der Waals surface area contributed by atoms with Crippen molar-refractivity contribution in [3.05, 3.63) is 29.3 Å². The second-order valence-electron chi connectivity index (χ2n) is 5.20. The summed E-state index contributed by atoms with van der Waals surface area (Å²) < 4.78 is 38.7. The number of alkyl halides is 3. The molecule has 1 aromatic rings. The van der Waals surface area contributed by atoms with E-state index >= 15 is 0 Å². The van der Waals surface area contributed by atoms with E-state index in [-0.39, 0.29) is 23.3 Å². The van der Waals surface area contributed by atoms with Gasteiger partial charge in [-0.2, -0.15) is 18.4 Å². The first-order valence-electron chi connectivity index (χ1n) is 6.36. The molecule has 0 heterocycles. The summed E-state index contributed by atoms with van der Waals surface area (Å²) in [6.45, 7) is 0.414. The number of nitrogens with zero attached hydrogens (tertiary/aromatic N) is 1. The van der Waals surface area contributed by atoms with Crippen LogP contribution in [0.2, 0.25) is 0 Å². The molecule has 2 rings (SSSR count). The summed E-state index contributed by atoms with van der Waals surface area (Å²) >= 11 is 0. The largest absolute Gasteiger partial charge is 0.418 e. The van der Waals surface area contributed by atoms with Crippen LogP contribution in [-0.4, -0.2) is 18.3 Å². The van der Waals surface area contributed by atoms with Crippen molar-refractivity contribution < 1.29 is 18.3 Å². The SMILES string of the molecule is N#Cc1ccc(C(F)(F)F)c(NCC2(CCO)CC2)c1. The number of hydrogen-bond acceptors (Lipinski definition) is 3. The molecule has 3 nitrogen and oxygen atoms in total. The predicted molar refractivity (Wildman–Crippen MR) is 68.0 cm³/mol. The standard InChI is InChI=1S/C14H15F3N2O/c15-14(16,17)11-2-1-10(8-18)7-12(11)19-9-13(3-4-13)5-6-20/h1-2,7,19-20H,3-6,9H2. The molecule has 0 aliphatic heterocycles. The lowest BCUT2D eigenvalue weighted by molar-refractivity contribution is -0.137. The van der Waals surface area contributed by atoms with Crippen LogP contribution in [0.1, 0.15) is 30.4 Å². The molecular weight excluding hydrogens is 269 g/mol. The van der Waals surface area contributed by atoms with Gasteiger partial charge in [0.15, 0.2) is 0 Å². The molecule has 0 aromatic heterocycles. The lowest BCUT2D eigenvalue weighted by Gasteiger charge is -2.19. The molecule has 0 bridgehead atoms. The van der Waals surface area contributed by atoms with Crippen molar-refractivity contribution in [1.29, 1.82) is 5.26 Å². The van der Waals surface area contributed by atoms with Crippen molar-refractivity contribution in [2.45, 2.75) is 25.4 Å². The number of benzene rings is 1. The van der Waals surface area contributed by atoms with E-state index in [1.807, 2.05) is 6.07 Å². The summed E-state index contributed by atoms with van der Waals surface area (Å²) in [5.74, 6) is 0. The number of anilines is 1. The van der Waals surface area contributed by atoms with E-state index in [0.29, 0.717) is 13.0 Å². The van der Waals surface area contributed by atoms with Gasteiger partial charge >= 0.3 is 6.18 Å². The van der Waals surface area contributed by atoms with E-state index in [4.69, 9.17) is 10.4 Å². The Morgan fingerprint density at radius 3 is 2.55 bits per heavy atom. The molecule has 1 saturated carbocycles. The molecule has 1 aliphatic rings. The van der Waals surface area contributed by atoms with Gasteiger partial charge in [0.2, 0.25) is 0 Å². The fourth-order valence-electron chi connectivity index (χ4n) is 2.22. The van der Waals surface area contributed by atoms with Crippen LogP contribution in [0.15, 0.2) is 18.2 Å². The summed E-state index contributed by atoms with van der Waals surface area (Å²) in [6.07, 6.45) is -2.07. The quantitative estimate of drug-likeness (QED) is 0.873. The summed E-state index contributed by atoms with van der Waals surface area (Å²) in [5, 5.41) is 20.5. The van der Waals surface area contributed by atoms with Gasteiger partial charge in [0.05, 0.1) is 17.2 Å². The average Bonchev–Trinajstić information content (AvgIpc) is 3.15. The van der Waals surface area contributed by atoms with Gasteiger partial charge in [-0.25, -0.2) is 0 Å². The van der Waals surface area contributed by atoms with Gasteiger partial charge in [-0.15, -0.1) is 0 Å². The van der Waals surface area contributed by atoms with E-state index in [1.165, 1.54) is 6.07 Å². The molecule has 0 atom stereocenters. The third-order valence-corrected chi connectivity index (χ3v) is 3.71. The fourth-order valence-corrected chi connectivity index (χ4v) is 2.22. The highest BCUT2D eigenvalue weighted by Gasteiger charge is 2.42. The smallest absolute Gasteiger partial charge is 0.396 e. The van der Waals surface area contributed by atoms with Crippen molar-refractivity contribution in [2.24, 2.45) is 5.41 Å². The highest BCUT2D eigenvalue weighted by molar-refractivity contribution is 5.57. The summed E-state index contributed by atoms with van der Waals surface area (Å²) in [6, 6.07) is 5.14. The number of rotatable bonds is 5. The number of aliphatic hydroxyl groups is 1. The molecule has 0 amide bonds. The number of nitriles is 1. The van der Waals surface area contributed by atoms with Crippen molar-refractivity contribution in [3.63, 3.8) is 0 Å². The van der Waals surface area contributed by atoms with Crippen LogP contribution in [0.4, 0.5) is 18.9 Å². The maximum atomic E-state index is 12.9. The predicted octanol–water partition coefficient (Wildman–Crippen LogP) is 3.15. The first-order valence-corrected chi connectivity index (χ1v) is 6.36. The highest BCUT2D eigenvalue weighted by Crippen LogP contribution is 2.49. The van der Waals surface area contributed by atoms with Crippen LogP contribution in [0.25, 0.3) is 0 Å². The van der Waals surface area contributed by atoms with Gasteiger partial charge < -0.3 is 10.4 Å². The van der Waals surface area contributed by atoms with Crippen LogP contribution in [0, 0.1) is 16.7 Å². The van der Waals surface area contributed by atoms with Crippen LogP contribution in [0.3, 0.4) is 0 Å². The maximum absolute atomic E-state index is 12.9. The molecule has 20 heavy (non-hydrogen) atoms. The first kappa shape index (κ1) is 14.7. The number of hydrogen-bond donors (Lipinski definition) is 2. The Kier molecular flexibility index (Phi) is 3.91. The lowest BCUT2D eigenvalue weighted by atomic mass is 10.0. The Balaban J connectivity index is 2.19. The highest BCUT2D eigenvalue weighted by atomic mass is 19.4. The number of aliphatic hydroxyl groups excluding tert-OH is 1. The second kappa shape index (κ2) is 5.33. The molecule has 108 valence electrons. The van der Waals surface area contributed by atoms with E-state index in [0.717, 1.165) is 25.0 Å². The summed E-state index contributed by atoms with van der Waals surface area (Å²) in [5.41, 5.74) is -0.746. The Morgan fingerprint density at radius 1 is 1.35 bits per heavy atom. The monoisotopic (exact) mass is 284 g/mol. The normalized spacial score (nSPS) is 16.6. The minimum Gasteiger partial charge on any atom is -0.396 e. The van der Waals surface area contributed by atoms with Gasteiger partial charge in [0, 0.05) is 18.8 Å². The minimum absolute atomic E-state index is 0.0338. The Hall–Kier alpha value is -1.74. The molecule has 0 radical (unpaired) electrons. The van der Waals surface area contributed by atoms with Crippen LogP contribution < -0.4 is 5.32 Å². The molecule has 1 aromatic carbocycles. The first-order chi connectivity index (χ1) is 9.40. The van der Waals surface area contributed by atoms with Crippen LogP contribution in [-0.2, 0) is 6.18 Å². The van der Waals surface area contributed by atoms with E-state index < -0.39 is 11.7 Å². The fraction of sp³-hybridized carbons (Fsp3) is 0.500. The van der Waals surface area contributed by atoms with Crippen LogP contribution in [0.5, 0.6) is 0 Å². The van der Waals surface area contributed by atoms with E-state index in [1.54, 1.807) is 0 Å². The Labute approximate surface area is 115 Å². The van der Waals surface area contributed by atoms with Crippen molar-refractivity contribution in [1.82, 2.24) is 0 Å². The molecule has 1 aliphatic carbocycles. The van der Waals surface area contributed by atoms with Crippen molar-refractivity contribution in [2.75, 3.05) is 18.5 Å². The second-order valence-corrected chi connectivity index (χ2v) is 5.20. The molecule has 2 N–H and O–H groups in total. The van der Waals surface area contributed by atoms with E-state index in [2.05, 4.69) is 5.32 Å². The lowest BCUT2D eigenvalue weighted by Crippen LogP contribution is -2.19. The van der Waals surface area contributed by atoms with Gasteiger partial charge in [-0.1, -0.05) is 0 Å². The zero-order valence-electron chi connectivity index (χ0n) is 10.8. The Bertz CT molecular complexity index is 530. The molecule has 0 spiro atoms. The summed E-state index contributed by atoms with van der Waals surface area (Å²) in [4.78, 5) is 0. The molecule has 1 fully saturated rings. The number of halogens is 3.